The molecular formula is C25H31N5S. The second-order valence-corrected chi connectivity index (χ2v) is 8.40. The molecule has 6 heteroatoms. The molecule has 1 aromatic carbocycles. The van der Waals surface area contributed by atoms with Crippen molar-refractivity contribution in [3.63, 3.8) is 0 Å². The average molecular weight is 434 g/mol. The molecule has 0 N–H and O–H groups in total. The summed E-state index contributed by atoms with van der Waals surface area (Å²) in [7, 11) is 0. The Balaban J connectivity index is 2.30. The van der Waals surface area contributed by atoms with Crippen LogP contribution >= 0.6 is 11.3 Å². The van der Waals surface area contributed by atoms with E-state index in [4.69, 9.17) is 4.98 Å². The minimum atomic E-state index is 0.444. The number of hydrogen-bond acceptors (Lipinski definition) is 6. The van der Waals surface area contributed by atoms with Crippen LogP contribution in [0.5, 0.6) is 0 Å². The quantitative estimate of drug-likeness (QED) is 0.433. The number of pyridine rings is 1. The second-order valence-electron chi connectivity index (χ2n) is 7.40. The third-order valence-electron chi connectivity index (χ3n) is 5.73. The SMILES string of the molecule is CCN(CC)c1nc(-c2sc(-c3ccccc3)nc2C#N)c(C)c(N(CC)CC)c1C. The Labute approximate surface area is 190 Å². The van der Waals surface area contributed by atoms with E-state index in [1.54, 1.807) is 11.3 Å². The van der Waals surface area contributed by atoms with Gasteiger partial charge in [-0.15, -0.1) is 11.3 Å². The van der Waals surface area contributed by atoms with Crippen molar-refractivity contribution in [1.29, 1.82) is 5.26 Å². The fourth-order valence-electron chi connectivity index (χ4n) is 4.10. The van der Waals surface area contributed by atoms with Crippen LogP contribution in [0, 0.1) is 25.2 Å². The Hall–Kier alpha value is -2.91. The number of benzene rings is 1. The van der Waals surface area contributed by atoms with Gasteiger partial charge in [-0.3, -0.25) is 0 Å². The molecule has 5 nitrogen and oxygen atoms in total. The van der Waals surface area contributed by atoms with Gasteiger partial charge in [-0.25, -0.2) is 9.97 Å². The molecule has 0 aliphatic carbocycles. The van der Waals surface area contributed by atoms with Crippen LogP contribution in [0.1, 0.15) is 44.5 Å². The first-order valence-corrected chi connectivity index (χ1v) is 11.8. The lowest BCUT2D eigenvalue weighted by Gasteiger charge is -2.31. The molecule has 31 heavy (non-hydrogen) atoms. The number of rotatable bonds is 8. The van der Waals surface area contributed by atoms with Crippen LogP contribution in [0.4, 0.5) is 11.5 Å². The number of thiazole rings is 1. The normalized spacial score (nSPS) is 10.7. The van der Waals surface area contributed by atoms with Gasteiger partial charge in [-0.2, -0.15) is 5.26 Å². The lowest BCUT2D eigenvalue weighted by molar-refractivity contribution is 0.824. The smallest absolute Gasteiger partial charge is 0.161 e. The zero-order valence-corrected chi connectivity index (χ0v) is 20.2. The summed E-state index contributed by atoms with van der Waals surface area (Å²) in [6.07, 6.45) is 0. The summed E-state index contributed by atoms with van der Waals surface area (Å²) in [6.45, 7) is 16.6. The van der Waals surface area contributed by atoms with Gasteiger partial charge in [0.15, 0.2) is 5.69 Å². The minimum Gasteiger partial charge on any atom is -0.371 e. The first kappa shape index (κ1) is 22.8. The first-order chi connectivity index (χ1) is 15.0. The Bertz CT molecular complexity index is 1070. The Morgan fingerprint density at radius 3 is 2.03 bits per heavy atom. The van der Waals surface area contributed by atoms with Crippen LogP contribution in [0.25, 0.3) is 21.1 Å². The molecule has 0 aliphatic heterocycles. The van der Waals surface area contributed by atoms with Crippen LogP contribution in [-0.4, -0.2) is 36.1 Å². The van der Waals surface area contributed by atoms with Gasteiger partial charge in [0.25, 0.3) is 0 Å². The van der Waals surface area contributed by atoms with E-state index in [0.717, 1.165) is 58.7 Å². The van der Waals surface area contributed by atoms with Gasteiger partial charge < -0.3 is 9.80 Å². The summed E-state index contributed by atoms with van der Waals surface area (Å²) in [5, 5.41) is 10.7. The maximum absolute atomic E-state index is 9.87. The Morgan fingerprint density at radius 2 is 1.48 bits per heavy atom. The zero-order valence-electron chi connectivity index (χ0n) is 19.4. The molecule has 3 aromatic rings. The average Bonchev–Trinajstić information content (AvgIpc) is 3.23. The molecule has 0 atom stereocenters. The van der Waals surface area contributed by atoms with Crippen molar-refractivity contribution in [3.05, 3.63) is 47.2 Å². The van der Waals surface area contributed by atoms with Crippen molar-refractivity contribution >= 4 is 22.8 Å². The summed E-state index contributed by atoms with van der Waals surface area (Å²) >= 11 is 1.55. The molecule has 0 spiro atoms. The Morgan fingerprint density at radius 1 is 0.871 bits per heavy atom. The molecule has 0 unspecified atom stereocenters. The molecule has 0 bridgehead atoms. The van der Waals surface area contributed by atoms with Crippen LogP contribution in [0.2, 0.25) is 0 Å². The van der Waals surface area contributed by atoms with Crippen molar-refractivity contribution in [2.75, 3.05) is 36.0 Å². The van der Waals surface area contributed by atoms with Crippen molar-refractivity contribution in [2.45, 2.75) is 41.5 Å². The zero-order chi connectivity index (χ0) is 22.5. The van der Waals surface area contributed by atoms with E-state index in [1.807, 2.05) is 30.3 Å². The predicted molar refractivity (Wildman–Crippen MR) is 132 cm³/mol. The van der Waals surface area contributed by atoms with E-state index in [-0.39, 0.29) is 0 Å². The van der Waals surface area contributed by atoms with Gasteiger partial charge in [-0.1, -0.05) is 30.3 Å². The van der Waals surface area contributed by atoms with E-state index in [0.29, 0.717) is 5.69 Å². The van der Waals surface area contributed by atoms with Crippen LogP contribution in [0.3, 0.4) is 0 Å². The van der Waals surface area contributed by atoms with E-state index in [1.165, 1.54) is 11.3 Å². The van der Waals surface area contributed by atoms with Gasteiger partial charge in [0.1, 0.15) is 16.9 Å². The monoisotopic (exact) mass is 433 g/mol. The maximum Gasteiger partial charge on any atom is 0.161 e. The van der Waals surface area contributed by atoms with Gasteiger partial charge in [0.2, 0.25) is 0 Å². The highest BCUT2D eigenvalue weighted by Gasteiger charge is 2.24. The number of nitriles is 1. The highest BCUT2D eigenvalue weighted by Crippen LogP contribution is 2.41. The largest absolute Gasteiger partial charge is 0.371 e. The summed E-state index contributed by atoms with van der Waals surface area (Å²) in [5.74, 6) is 0.992. The summed E-state index contributed by atoms with van der Waals surface area (Å²) in [6, 6.07) is 12.3. The number of hydrogen-bond donors (Lipinski definition) is 0. The minimum absolute atomic E-state index is 0.444. The molecule has 162 valence electrons. The second kappa shape index (κ2) is 9.93. The standard InChI is InChI=1S/C25H31N5S/c1-7-29(8-2)22-17(5)21(28-24(18(22)6)30(9-3)10-4)23-20(16-26)27-25(31-23)19-14-12-11-13-15-19/h11-15H,7-10H2,1-6H3. The number of anilines is 2. The molecule has 0 amide bonds. The van der Waals surface area contributed by atoms with Crippen molar-refractivity contribution in [3.8, 4) is 27.2 Å². The third kappa shape index (κ3) is 4.28. The van der Waals surface area contributed by atoms with E-state index < -0.39 is 0 Å². The molecule has 2 heterocycles. The molecule has 0 radical (unpaired) electrons. The molecule has 0 fully saturated rings. The summed E-state index contributed by atoms with van der Waals surface area (Å²) in [5.41, 5.74) is 5.85. The lowest BCUT2D eigenvalue weighted by atomic mass is 10.0. The highest BCUT2D eigenvalue weighted by atomic mass is 32.1. The van der Waals surface area contributed by atoms with Gasteiger partial charge in [0, 0.05) is 48.6 Å². The van der Waals surface area contributed by atoms with Crippen LogP contribution in [0.15, 0.2) is 30.3 Å². The lowest BCUT2D eigenvalue weighted by Crippen LogP contribution is -2.28. The molecule has 2 aromatic heterocycles. The van der Waals surface area contributed by atoms with E-state index >= 15 is 0 Å². The van der Waals surface area contributed by atoms with Gasteiger partial charge >= 0.3 is 0 Å². The number of nitrogens with zero attached hydrogens (tertiary/aromatic N) is 5. The molecular weight excluding hydrogens is 402 g/mol. The van der Waals surface area contributed by atoms with Crippen LogP contribution < -0.4 is 9.80 Å². The van der Waals surface area contributed by atoms with Crippen molar-refractivity contribution < 1.29 is 0 Å². The first-order valence-electron chi connectivity index (χ1n) is 11.0. The Kier molecular flexibility index (Phi) is 7.29. The van der Waals surface area contributed by atoms with Gasteiger partial charge in [0.05, 0.1) is 10.6 Å². The number of aromatic nitrogens is 2. The fourth-order valence-corrected chi connectivity index (χ4v) is 5.17. The molecule has 0 aliphatic rings. The summed E-state index contributed by atoms with van der Waals surface area (Å²) < 4.78 is 0. The van der Waals surface area contributed by atoms with E-state index in [9.17, 15) is 5.26 Å². The topological polar surface area (TPSA) is 56.1 Å². The fraction of sp³-hybridized carbons (Fsp3) is 0.400. The molecule has 0 saturated heterocycles. The van der Waals surface area contributed by atoms with Crippen LogP contribution in [-0.2, 0) is 0 Å². The van der Waals surface area contributed by atoms with Crippen molar-refractivity contribution in [1.82, 2.24) is 9.97 Å². The maximum atomic E-state index is 9.87. The molecule has 3 rings (SSSR count). The third-order valence-corrected chi connectivity index (χ3v) is 6.84. The van der Waals surface area contributed by atoms with Crippen molar-refractivity contribution in [2.24, 2.45) is 0 Å². The summed E-state index contributed by atoms with van der Waals surface area (Å²) in [4.78, 5) is 15.3. The van der Waals surface area contributed by atoms with Gasteiger partial charge in [-0.05, 0) is 41.5 Å². The highest BCUT2D eigenvalue weighted by molar-refractivity contribution is 7.18. The molecule has 0 saturated carbocycles. The van der Waals surface area contributed by atoms with E-state index in [2.05, 4.69) is 62.4 Å². The predicted octanol–water partition coefficient (Wildman–Crippen LogP) is 6.05.